The summed E-state index contributed by atoms with van der Waals surface area (Å²) >= 11 is 0. The molecule has 8 nitrogen and oxygen atoms in total. The number of ether oxygens (including phenoxy) is 1. The van der Waals surface area contributed by atoms with Crippen molar-refractivity contribution in [1.82, 2.24) is 25.2 Å². The molecule has 0 aliphatic carbocycles. The Kier molecular flexibility index (Phi) is 5.60. The molecule has 6 rings (SSSR count). The number of rotatable bonds is 5. The first kappa shape index (κ1) is 22.0. The highest BCUT2D eigenvalue weighted by molar-refractivity contribution is 5.81. The van der Waals surface area contributed by atoms with Crippen molar-refractivity contribution in [1.29, 1.82) is 0 Å². The van der Waals surface area contributed by atoms with E-state index < -0.39 is 6.04 Å². The average molecular weight is 471 g/mol. The quantitative estimate of drug-likeness (QED) is 0.477. The van der Waals surface area contributed by atoms with Gasteiger partial charge in [-0.15, -0.1) is 5.10 Å². The number of nitrogens with zero attached hydrogens (tertiary/aromatic N) is 5. The van der Waals surface area contributed by atoms with E-state index in [9.17, 15) is 4.79 Å². The van der Waals surface area contributed by atoms with E-state index in [1.807, 2.05) is 16.8 Å². The highest BCUT2D eigenvalue weighted by Crippen LogP contribution is 2.37. The lowest BCUT2D eigenvalue weighted by molar-refractivity contribution is 0.0924. The minimum Gasteiger partial charge on any atom is -0.376 e. The fraction of sp³-hybridized carbons (Fsp3) is 0.407. The van der Waals surface area contributed by atoms with Crippen LogP contribution in [0, 0.1) is 13.8 Å². The van der Waals surface area contributed by atoms with Crippen LogP contribution in [0.4, 0.5) is 5.69 Å². The lowest BCUT2D eigenvalue weighted by atomic mass is 9.96. The second kappa shape index (κ2) is 8.92. The van der Waals surface area contributed by atoms with Crippen LogP contribution in [0.5, 0.6) is 0 Å². The number of aryl methyl sites for hydroxylation is 3. The number of aromatic amines is 1. The molecule has 0 bridgehead atoms. The summed E-state index contributed by atoms with van der Waals surface area (Å²) in [5.41, 5.74) is 6.15. The van der Waals surface area contributed by atoms with Crippen molar-refractivity contribution < 1.29 is 4.74 Å². The van der Waals surface area contributed by atoms with Crippen LogP contribution in [-0.2, 0) is 17.7 Å². The van der Waals surface area contributed by atoms with Crippen LogP contribution >= 0.6 is 0 Å². The summed E-state index contributed by atoms with van der Waals surface area (Å²) in [5, 5.41) is 13.9. The van der Waals surface area contributed by atoms with Gasteiger partial charge in [-0.3, -0.25) is 4.79 Å². The van der Waals surface area contributed by atoms with E-state index in [4.69, 9.17) is 4.74 Å². The first-order valence-corrected chi connectivity index (χ1v) is 12.4. The zero-order chi connectivity index (χ0) is 23.9. The lowest BCUT2D eigenvalue weighted by Gasteiger charge is -2.37. The topological polar surface area (TPSA) is 88.9 Å². The number of pyridine rings is 1. The Morgan fingerprint density at radius 2 is 2.00 bits per heavy atom. The van der Waals surface area contributed by atoms with Crippen LogP contribution in [0.25, 0.3) is 10.9 Å². The summed E-state index contributed by atoms with van der Waals surface area (Å²) in [7, 11) is 0. The highest BCUT2D eigenvalue weighted by atomic mass is 16.5. The molecule has 4 heterocycles. The van der Waals surface area contributed by atoms with E-state index in [0.29, 0.717) is 17.9 Å². The van der Waals surface area contributed by atoms with Gasteiger partial charge in [0, 0.05) is 29.9 Å². The number of nitrogens with one attached hydrogen (secondary N) is 1. The van der Waals surface area contributed by atoms with Gasteiger partial charge in [0.25, 0.3) is 5.56 Å². The minimum absolute atomic E-state index is 0.0899. The van der Waals surface area contributed by atoms with Crippen LogP contribution < -0.4 is 10.5 Å². The molecule has 35 heavy (non-hydrogen) atoms. The number of benzene rings is 2. The molecule has 0 amide bonds. The zero-order valence-electron chi connectivity index (χ0n) is 20.2. The normalized spacial score (nSPS) is 18.7. The number of H-pyrrole nitrogens is 1. The number of fused-ring (bicyclic) bond motifs is 2. The van der Waals surface area contributed by atoms with Crippen molar-refractivity contribution in [3.05, 3.63) is 80.9 Å². The maximum absolute atomic E-state index is 13.6. The summed E-state index contributed by atoms with van der Waals surface area (Å²) < 4.78 is 7.71. The molecule has 180 valence electrons. The second-order valence-electron chi connectivity index (χ2n) is 9.76. The monoisotopic (exact) mass is 470 g/mol. The summed E-state index contributed by atoms with van der Waals surface area (Å²) in [5.74, 6) is 0.672. The van der Waals surface area contributed by atoms with Crippen molar-refractivity contribution >= 4 is 16.6 Å². The van der Waals surface area contributed by atoms with E-state index in [-0.39, 0.29) is 11.7 Å². The number of para-hydroxylation sites is 1. The van der Waals surface area contributed by atoms with Crippen LogP contribution in [0.3, 0.4) is 0 Å². The maximum atomic E-state index is 13.6. The van der Waals surface area contributed by atoms with E-state index >= 15 is 0 Å². The van der Waals surface area contributed by atoms with E-state index in [1.165, 1.54) is 11.1 Å². The molecule has 1 saturated heterocycles. The Morgan fingerprint density at radius 3 is 2.86 bits per heavy atom. The van der Waals surface area contributed by atoms with Crippen LogP contribution in [0.1, 0.15) is 53.4 Å². The van der Waals surface area contributed by atoms with Gasteiger partial charge in [0.1, 0.15) is 6.04 Å². The Bertz CT molecular complexity index is 1440. The third kappa shape index (κ3) is 4.01. The number of hydrogen-bond acceptors (Lipinski definition) is 6. The second-order valence-corrected chi connectivity index (χ2v) is 9.76. The van der Waals surface area contributed by atoms with Gasteiger partial charge >= 0.3 is 0 Å². The molecule has 2 aromatic carbocycles. The Morgan fingerprint density at radius 1 is 1.14 bits per heavy atom. The zero-order valence-corrected chi connectivity index (χ0v) is 20.2. The fourth-order valence-electron chi connectivity index (χ4n) is 5.49. The molecule has 1 fully saturated rings. The first-order chi connectivity index (χ1) is 17.1. The van der Waals surface area contributed by atoms with Gasteiger partial charge in [0.2, 0.25) is 0 Å². The van der Waals surface area contributed by atoms with Gasteiger partial charge < -0.3 is 14.6 Å². The van der Waals surface area contributed by atoms with Gasteiger partial charge in [-0.25, -0.2) is 4.68 Å². The molecule has 2 aliphatic rings. The standard InChI is InChI=1S/C27H30N6O2/c1-17-13-20-15-22(27(34)28-23(20)14-18(17)2)25(32-11-5-8-19-7-3-4-10-24(19)32)26-29-30-31-33(26)16-21-9-6-12-35-21/h3-4,7,10,13-15,21,25H,5-6,8-9,11-12,16H2,1-2H3,(H,28,34)/t21-,25-/m1/s1. The molecular weight excluding hydrogens is 440 g/mol. The predicted octanol–water partition coefficient (Wildman–Crippen LogP) is 3.85. The molecule has 1 N–H and O–H groups in total. The number of anilines is 1. The Balaban J connectivity index is 1.53. The number of tetrazole rings is 1. The third-order valence-electron chi connectivity index (χ3n) is 7.44. The van der Waals surface area contributed by atoms with Gasteiger partial charge in [-0.1, -0.05) is 18.2 Å². The van der Waals surface area contributed by atoms with Crippen molar-refractivity contribution in [2.45, 2.75) is 58.2 Å². The molecule has 0 spiro atoms. The van der Waals surface area contributed by atoms with Crippen molar-refractivity contribution in [3.8, 4) is 0 Å². The molecule has 0 unspecified atom stereocenters. The smallest absolute Gasteiger partial charge is 0.254 e. The SMILES string of the molecule is Cc1cc2cc([C@H](c3nnnn3C[C@H]3CCCO3)N3CCCc4ccccc43)c(=O)[nH]c2cc1C. The van der Waals surface area contributed by atoms with Crippen molar-refractivity contribution in [2.75, 3.05) is 18.1 Å². The molecular formula is C27H30N6O2. The van der Waals surface area contributed by atoms with E-state index in [2.05, 4.69) is 69.6 Å². The molecule has 0 saturated carbocycles. The van der Waals surface area contributed by atoms with Crippen molar-refractivity contribution in [2.24, 2.45) is 0 Å². The molecule has 0 radical (unpaired) electrons. The maximum Gasteiger partial charge on any atom is 0.254 e. The summed E-state index contributed by atoms with van der Waals surface area (Å²) in [6, 6.07) is 14.2. The molecule has 4 aromatic rings. The van der Waals surface area contributed by atoms with Gasteiger partial charge in [-0.2, -0.15) is 0 Å². The Labute approximate surface area is 203 Å². The van der Waals surface area contributed by atoms with Crippen LogP contribution in [0.15, 0.2) is 47.3 Å². The van der Waals surface area contributed by atoms with Gasteiger partial charge in [0.15, 0.2) is 5.82 Å². The molecule has 2 aromatic heterocycles. The van der Waals surface area contributed by atoms with Crippen molar-refractivity contribution in [3.63, 3.8) is 0 Å². The molecule has 2 atom stereocenters. The predicted molar refractivity (Wildman–Crippen MR) is 135 cm³/mol. The first-order valence-electron chi connectivity index (χ1n) is 12.4. The van der Waals surface area contributed by atoms with E-state index in [1.54, 1.807) is 0 Å². The van der Waals surface area contributed by atoms with Crippen LogP contribution in [0.2, 0.25) is 0 Å². The van der Waals surface area contributed by atoms with Gasteiger partial charge in [-0.05, 0) is 96.3 Å². The van der Waals surface area contributed by atoms with E-state index in [0.717, 1.165) is 61.0 Å². The minimum atomic E-state index is -0.414. The lowest BCUT2D eigenvalue weighted by Crippen LogP contribution is -2.39. The average Bonchev–Trinajstić information content (AvgIpc) is 3.54. The molecule has 2 aliphatic heterocycles. The number of hydrogen-bond donors (Lipinski definition) is 1. The fourth-order valence-corrected chi connectivity index (χ4v) is 5.49. The Hall–Kier alpha value is -3.52. The summed E-state index contributed by atoms with van der Waals surface area (Å²) in [4.78, 5) is 19.0. The van der Waals surface area contributed by atoms with Crippen LogP contribution in [-0.4, -0.2) is 44.4 Å². The largest absolute Gasteiger partial charge is 0.376 e. The highest BCUT2D eigenvalue weighted by Gasteiger charge is 2.34. The third-order valence-corrected chi connectivity index (χ3v) is 7.44. The summed E-state index contributed by atoms with van der Waals surface area (Å²) in [6.45, 7) is 6.33. The van der Waals surface area contributed by atoms with Gasteiger partial charge in [0.05, 0.1) is 12.6 Å². The number of aromatic nitrogens is 5. The summed E-state index contributed by atoms with van der Waals surface area (Å²) in [6.07, 6.45) is 4.16. The molecule has 8 heteroatoms.